The van der Waals surface area contributed by atoms with Crippen molar-refractivity contribution in [2.24, 2.45) is 0 Å². The van der Waals surface area contributed by atoms with Crippen LogP contribution < -0.4 is 5.32 Å². The molecule has 0 aliphatic heterocycles. The molecule has 1 rings (SSSR count). The SMILES string of the molecule is CCCCCCNC(=O)Cc1ccc([N+](=O)[O-])cc1. The Kier molecular flexibility index (Phi) is 6.57. The number of nitrogens with one attached hydrogen (secondary N) is 1. The third-order valence-corrected chi connectivity index (χ3v) is 2.86. The number of hydrogen-bond donors (Lipinski definition) is 1. The quantitative estimate of drug-likeness (QED) is 0.446. The lowest BCUT2D eigenvalue weighted by atomic mass is 10.1. The Hall–Kier alpha value is -1.91. The zero-order chi connectivity index (χ0) is 14.1. The van der Waals surface area contributed by atoms with Crippen molar-refractivity contribution in [1.82, 2.24) is 5.32 Å². The summed E-state index contributed by atoms with van der Waals surface area (Å²) >= 11 is 0. The second-order valence-electron chi connectivity index (χ2n) is 4.51. The normalized spacial score (nSPS) is 10.2. The van der Waals surface area contributed by atoms with E-state index in [4.69, 9.17) is 0 Å². The second-order valence-corrected chi connectivity index (χ2v) is 4.51. The fourth-order valence-corrected chi connectivity index (χ4v) is 1.76. The van der Waals surface area contributed by atoms with Crippen molar-refractivity contribution in [2.75, 3.05) is 6.54 Å². The number of non-ortho nitro benzene ring substituents is 1. The van der Waals surface area contributed by atoms with Crippen LogP contribution in [-0.2, 0) is 11.2 Å². The fourth-order valence-electron chi connectivity index (χ4n) is 1.76. The van der Waals surface area contributed by atoms with Gasteiger partial charge in [-0.2, -0.15) is 0 Å². The number of carbonyl (C=O) groups excluding carboxylic acids is 1. The topological polar surface area (TPSA) is 72.2 Å². The summed E-state index contributed by atoms with van der Waals surface area (Å²) in [5, 5.41) is 13.3. The Balaban J connectivity index is 2.30. The van der Waals surface area contributed by atoms with E-state index in [1.165, 1.54) is 25.0 Å². The Labute approximate surface area is 113 Å². The molecular weight excluding hydrogens is 244 g/mol. The maximum absolute atomic E-state index is 11.6. The van der Waals surface area contributed by atoms with Gasteiger partial charge in [-0.25, -0.2) is 0 Å². The molecule has 0 saturated heterocycles. The van der Waals surface area contributed by atoms with E-state index in [2.05, 4.69) is 12.2 Å². The number of nitro groups is 1. The zero-order valence-electron chi connectivity index (χ0n) is 11.2. The van der Waals surface area contributed by atoms with Crippen LogP contribution in [0, 0.1) is 10.1 Å². The third-order valence-electron chi connectivity index (χ3n) is 2.86. The first-order chi connectivity index (χ1) is 9.13. The maximum atomic E-state index is 11.6. The van der Waals surface area contributed by atoms with Crippen LogP contribution in [0.2, 0.25) is 0 Å². The minimum Gasteiger partial charge on any atom is -0.356 e. The largest absolute Gasteiger partial charge is 0.356 e. The lowest BCUT2D eigenvalue weighted by Gasteiger charge is -2.05. The van der Waals surface area contributed by atoms with Crippen LogP contribution in [0.3, 0.4) is 0 Å². The molecule has 0 aromatic heterocycles. The Bertz CT molecular complexity index is 415. The standard InChI is InChI=1S/C14H20N2O3/c1-2-3-4-5-10-15-14(17)11-12-6-8-13(9-7-12)16(18)19/h6-9H,2-5,10-11H2,1H3,(H,15,17). The van der Waals surface area contributed by atoms with Crippen molar-refractivity contribution in [3.63, 3.8) is 0 Å². The van der Waals surface area contributed by atoms with Gasteiger partial charge in [0.1, 0.15) is 0 Å². The van der Waals surface area contributed by atoms with Gasteiger partial charge in [-0.15, -0.1) is 0 Å². The van der Waals surface area contributed by atoms with E-state index in [-0.39, 0.29) is 18.0 Å². The van der Waals surface area contributed by atoms with E-state index in [0.717, 1.165) is 18.4 Å². The predicted octanol–water partition coefficient (Wildman–Crippen LogP) is 2.83. The first kappa shape index (κ1) is 15.1. The molecule has 0 aliphatic carbocycles. The van der Waals surface area contributed by atoms with E-state index >= 15 is 0 Å². The highest BCUT2D eigenvalue weighted by Gasteiger charge is 2.06. The van der Waals surface area contributed by atoms with Gasteiger partial charge < -0.3 is 5.32 Å². The fraction of sp³-hybridized carbons (Fsp3) is 0.500. The Morgan fingerprint density at radius 3 is 2.47 bits per heavy atom. The summed E-state index contributed by atoms with van der Waals surface area (Å²) in [6.07, 6.45) is 4.77. The number of carbonyl (C=O) groups is 1. The van der Waals surface area contributed by atoms with Gasteiger partial charge in [0.15, 0.2) is 0 Å². The molecule has 0 spiro atoms. The van der Waals surface area contributed by atoms with Gasteiger partial charge in [0.2, 0.25) is 5.91 Å². The average Bonchev–Trinajstić information content (AvgIpc) is 2.39. The number of amides is 1. The van der Waals surface area contributed by atoms with Gasteiger partial charge >= 0.3 is 0 Å². The summed E-state index contributed by atoms with van der Waals surface area (Å²) in [7, 11) is 0. The summed E-state index contributed by atoms with van der Waals surface area (Å²) in [4.78, 5) is 21.7. The van der Waals surface area contributed by atoms with Crippen molar-refractivity contribution in [3.8, 4) is 0 Å². The van der Waals surface area contributed by atoms with Crippen LogP contribution in [0.5, 0.6) is 0 Å². The van der Waals surface area contributed by atoms with Gasteiger partial charge in [-0.3, -0.25) is 14.9 Å². The van der Waals surface area contributed by atoms with Crippen LogP contribution in [0.25, 0.3) is 0 Å². The van der Waals surface area contributed by atoms with Gasteiger partial charge in [0.05, 0.1) is 11.3 Å². The number of nitrogens with zero attached hydrogens (tertiary/aromatic N) is 1. The zero-order valence-corrected chi connectivity index (χ0v) is 11.2. The molecule has 0 atom stereocenters. The van der Waals surface area contributed by atoms with E-state index in [1.54, 1.807) is 12.1 Å². The second kappa shape index (κ2) is 8.24. The van der Waals surface area contributed by atoms with Crippen molar-refractivity contribution in [2.45, 2.75) is 39.0 Å². The molecule has 104 valence electrons. The number of hydrogen-bond acceptors (Lipinski definition) is 3. The monoisotopic (exact) mass is 264 g/mol. The highest BCUT2D eigenvalue weighted by atomic mass is 16.6. The summed E-state index contributed by atoms with van der Waals surface area (Å²) in [6, 6.07) is 6.08. The maximum Gasteiger partial charge on any atom is 0.269 e. The van der Waals surface area contributed by atoms with Crippen molar-refractivity contribution in [3.05, 3.63) is 39.9 Å². The van der Waals surface area contributed by atoms with Gasteiger partial charge in [0.25, 0.3) is 5.69 Å². The molecule has 0 unspecified atom stereocenters. The molecule has 1 aromatic carbocycles. The molecular formula is C14H20N2O3. The van der Waals surface area contributed by atoms with Gasteiger partial charge in [-0.05, 0) is 12.0 Å². The van der Waals surface area contributed by atoms with Crippen LogP contribution in [0.1, 0.15) is 38.2 Å². The Morgan fingerprint density at radius 2 is 1.89 bits per heavy atom. The average molecular weight is 264 g/mol. The smallest absolute Gasteiger partial charge is 0.269 e. The number of unbranched alkanes of at least 4 members (excludes halogenated alkanes) is 3. The van der Waals surface area contributed by atoms with Crippen LogP contribution in [0.4, 0.5) is 5.69 Å². The summed E-state index contributed by atoms with van der Waals surface area (Å²) in [5.41, 5.74) is 0.834. The molecule has 0 heterocycles. The molecule has 0 saturated carbocycles. The molecule has 0 aliphatic rings. The Morgan fingerprint density at radius 1 is 1.21 bits per heavy atom. The van der Waals surface area contributed by atoms with Gasteiger partial charge in [0, 0.05) is 18.7 Å². The van der Waals surface area contributed by atoms with Crippen LogP contribution in [-0.4, -0.2) is 17.4 Å². The lowest BCUT2D eigenvalue weighted by molar-refractivity contribution is -0.384. The van der Waals surface area contributed by atoms with E-state index in [0.29, 0.717) is 6.54 Å². The molecule has 1 N–H and O–H groups in total. The first-order valence-corrected chi connectivity index (χ1v) is 6.63. The van der Waals surface area contributed by atoms with E-state index in [1.807, 2.05) is 0 Å². The number of benzene rings is 1. The van der Waals surface area contributed by atoms with Crippen molar-refractivity contribution >= 4 is 11.6 Å². The van der Waals surface area contributed by atoms with Crippen LogP contribution >= 0.6 is 0 Å². The highest BCUT2D eigenvalue weighted by molar-refractivity contribution is 5.78. The van der Waals surface area contributed by atoms with E-state index < -0.39 is 4.92 Å². The molecule has 5 nitrogen and oxygen atoms in total. The molecule has 0 bridgehead atoms. The number of nitro benzene ring substituents is 1. The van der Waals surface area contributed by atoms with Gasteiger partial charge in [-0.1, -0.05) is 38.3 Å². The minimum atomic E-state index is -0.447. The summed E-state index contributed by atoms with van der Waals surface area (Å²) < 4.78 is 0. The van der Waals surface area contributed by atoms with Crippen molar-refractivity contribution < 1.29 is 9.72 Å². The molecule has 19 heavy (non-hydrogen) atoms. The van der Waals surface area contributed by atoms with Crippen LogP contribution in [0.15, 0.2) is 24.3 Å². The number of rotatable bonds is 8. The molecule has 5 heteroatoms. The molecule has 1 aromatic rings. The predicted molar refractivity (Wildman–Crippen MR) is 74.0 cm³/mol. The highest BCUT2D eigenvalue weighted by Crippen LogP contribution is 2.12. The summed E-state index contributed by atoms with van der Waals surface area (Å²) in [5.74, 6) is -0.0367. The van der Waals surface area contributed by atoms with E-state index in [9.17, 15) is 14.9 Å². The minimum absolute atomic E-state index is 0.0367. The van der Waals surface area contributed by atoms with Crippen molar-refractivity contribution in [1.29, 1.82) is 0 Å². The lowest BCUT2D eigenvalue weighted by Crippen LogP contribution is -2.26. The third kappa shape index (κ3) is 5.99. The molecule has 1 amide bonds. The summed E-state index contributed by atoms with van der Waals surface area (Å²) in [6.45, 7) is 2.85. The molecule has 0 radical (unpaired) electrons. The molecule has 0 fully saturated rings. The first-order valence-electron chi connectivity index (χ1n) is 6.63.